The number of hydrogen-bond acceptors (Lipinski definition) is 1. The number of carbonyl (C=O) groups is 1. The van der Waals surface area contributed by atoms with Crippen molar-refractivity contribution in [1.29, 1.82) is 0 Å². The van der Waals surface area contributed by atoms with Gasteiger partial charge in [0.2, 0.25) is 0 Å². The fourth-order valence-electron chi connectivity index (χ4n) is 1.61. The highest BCUT2D eigenvalue weighted by Gasteiger charge is 2.11. The van der Waals surface area contributed by atoms with Crippen LogP contribution in [-0.2, 0) is 0 Å². The largest absolute Gasteiger partial charge is 0.322 e. The van der Waals surface area contributed by atoms with Crippen molar-refractivity contribution in [2.24, 2.45) is 0 Å². The Morgan fingerprint density at radius 3 is 2.68 bits per heavy atom. The van der Waals surface area contributed by atoms with Gasteiger partial charge in [0.25, 0.3) is 5.91 Å². The maximum absolute atomic E-state index is 13.2. The Hall–Kier alpha value is -1.39. The van der Waals surface area contributed by atoms with E-state index in [4.69, 9.17) is 11.6 Å². The van der Waals surface area contributed by atoms with Gasteiger partial charge in [-0.25, -0.2) is 4.39 Å². The van der Waals surface area contributed by atoms with Gasteiger partial charge >= 0.3 is 0 Å². The van der Waals surface area contributed by atoms with E-state index < -0.39 is 5.82 Å². The van der Waals surface area contributed by atoms with Crippen LogP contribution in [0, 0.1) is 12.7 Å². The minimum absolute atomic E-state index is 0.311. The third kappa shape index (κ3) is 3.33. The van der Waals surface area contributed by atoms with Crippen molar-refractivity contribution < 1.29 is 9.18 Å². The zero-order valence-corrected chi connectivity index (χ0v) is 12.3. The molecule has 0 aliphatic rings. The summed E-state index contributed by atoms with van der Waals surface area (Å²) in [5, 5.41) is 3.26. The molecule has 0 fully saturated rings. The SMILES string of the molecule is Cc1ccc(F)cc1C(=O)Nc1ccc(Cl)c(Br)c1. The average Bonchev–Trinajstić information content (AvgIpc) is 2.36. The summed E-state index contributed by atoms with van der Waals surface area (Å²) in [6, 6.07) is 9.15. The van der Waals surface area contributed by atoms with Gasteiger partial charge in [-0.3, -0.25) is 4.79 Å². The van der Waals surface area contributed by atoms with E-state index in [1.165, 1.54) is 12.1 Å². The molecule has 0 aliphatic carbocycles. The van der Waals surface area contributed by atoms with Crippen molar-refractivity contribution in [2.45, 2.75) is 6.92 Å². The number of amides is 1. The van der Waals surface area contributed by atoms with Crippen molar-refractivity contribution in [3.8, 4) is 0 Å². The molecule has 0 aliphatic heterocycles. The summed E-state index contributed by atoms with van der Waals surface area (Å²) in [4.78, 5) is 12.1. The molecule has 2 aromatic carbocycles. The van der Waals surface area contributed by atoms with Gasteiger partial charge in [-0.05, 0) is 58.7 Å². The van der Waals surface area contributed by atoms with E-state index in [0.29, 0.717) is 26.3 Å². The van der Waals surface area contributed by atoms with Crippen LogP contribution in [0.1, 0.15) is 15.9 Å². The summed E-state index contributed by atoms with van der Waals surface area (Å²) in [5.74, 6) is -0.792. The number of carbonyl (C=O) groups excluding carboxylic acids is 1. The van der Waals surface area contributed by atoms with Crippen LogP contribution in [0.5, 0.6) is 0 Å². The molecule has 0 radical (unpaired) electrons. The molecule has 0 atom stereocenters. The molecular weight excluding hydrogens is 333 g/mol. The summed E-state index contributed by atoms with van der Waals surface area (Å²) < 4.78 is 13.8. The number of benzene rings is 2. The van der Waals surface area contributed by atoms with Gasteiger partial charge in [0.05, 0.1) is 5.02 Å². The lowest BCUT2D eigenvalue weighted by Crippen LogP contribution is -2.13. The predicted molar refractivity (Wildman–Crippen MR) is 78.2 cm³/mol. The van der Waals surface area contributed by atoms with Gasteiger partial charge in [0, 0.05) is 15.7 Å². The Labute approximate surface area is 123 Å². The van der Waals surface area contributed by atoms with Crippen LogP contribution in [0.15, 0.2) is 40.9 Å². The number of hydrogen-bond donors (Lipinski definition) is 1. The summed E-state index contributed by atoms with van der Waals surface area (Å²) >= 11 is 9.15. The first-order valence-electron chi connectivity index (χ1n) is 5.50. The fourth-order valence-corrected chi connectivity index (χ4v) is 2.11. The molecule has 1 amide bonds. The lowest BCUT2D eigenvalue weighted by molar-refractivity contribution is 0.102. The van der Waals surface area contributed by atoms with E-state index in [1.807, 2.05) is 0 Å². The maximum atomic E-state index is 13.2. The minimum atomic E-state index is -0.437. The van der Waals surface area contributed by atoms with Crippen molar-refractivity contribution in [3.05, 3.63) is 62.8 Å². The van der Waals surface area contributed by atoms with E-state index in [0.717, 1.165) is 0 Å². The van der Waals surface area contributed by atoms with Gasteiger partial charge in [0.15, 0.2) is 0 Å². The molecule has 0 bridgehead atoms. The second-order valence-electron chi connectivity index (χ2n) is 4.04. The van der Waals surface area contributed by atoms with Crippen molar-refractivity contribution >= 4 is 39.1 Å². The molecule has 0 heterocycles. The van der Waals surface area contributed by atoms with E-state index in [1.54, 1.807) is 31.2 Å². The zero-order chi connectivity index (χ0) is 14.0. The molecule has 0 aromatic heterocycles. The van der Waals surface area contributed by atoms with Crippen LogP contribution < -0.4 is 5.32 Å². The highest BCUT2D eigenvalue weighted by Crippen LogP contribution is 2.26. The van der Waals surface area contributed by atoms with Crippen molar-refractivity contribution in [1.82, 2.24) is 0 Å². The normalized spacial score (nSPS) is 10.3. The molecule has 0 spiro atoms. The minimum Gasteiger partial charge on any atom is -0.322 e. The second-order valence-corrected chi connectivity index (χ2v) is 5.30. The highest BCUT2D eigenvalue weighted by molar-refractivity contribution is 9.10. The summed E-state index contributed by atoms with van der Waals surface area (Å²) in [6.07, 6.45) is 0. The molecule has 0 saturated heterocycles. The standard InChI is InChI=1S/C14H10BrClFNO/c1-8-2-3-9(17)6-11(8)14(19)18-10-4-5-13(16)12(15)7-10/h2-7H,1H3,(H,18,19). The molecule has 1 N–H and O–H groups in total. The Morgan fingerprint density at radius 1 is 1.26 bits per heavy atom. The van der Waals surface area contributed by atoms with E-state index in [-0.39, 0.29) is 5.91 Å². The molecule has 19 heavy (non-hydrogen) atoms. The molecule has 2 aromatic rings. The van der Waals surface area contributed by atoms with Crippen LogP contribution in [-0.4, -0.2) is 5.91 Å². The Bertz CT molecular complexity index is 645. The van der Waals surface area contributed by atoms with Crippen LogP contribution >= 0.6 is 27.5 Å². The maximum Gasteiger partial charge on any atom is 0.256 e. The summed E-state index contributed by atoms with van der Waals surface area (Å²) in [6.45, 7) is 1.76. The Kier molecular flexibility index (Phi) is 4.22. The predicted octanol–water partition coefficient (Wildman–Crippen LogP) is 4.80. The number of rotatable bonds is 2. The van der Waals surface area contributed by atoms with Crippen molar-refractivity contribution in [2.75, 3.05) is 5.32 Å². The fraction of sp³-hybridized carbons (Fsp3) is 0.0714. The third-order valence-corrected chi connectivity index (χ3v) is 3.84. The second kappa shape index (κ2) is 5.72. The molecule has 5 heteroatoms. The van der Waals surface area contributed by atoms with Gasteiger partial charge in [-0.15, -0.1) is 0 Å². The lowest BCUT2D eigenvalue weighted by Gasteiger charge is -2.08. The quantitative estimate of drug-likeness (QED) is 0.834. The third-order valence-electron chi connectivity index (χ3n) is 2.62. The topological polar surface area (TPSA) is 29.1 Å². The average molecular weight is 343 g/mol. The first-order chi connectivity index (χ1) is 8.97. The molecule has 2 nitrogen and oxygen atoms in total. The smallest absolute Gasteiger partial charge is 0.256 e. The van der Waals surface area contributed by atoms with Gasteiger partial charge in [0.1, 0.15) is 5.82 Å². The first-order valence-corrected chi connectivity index (χ1v) is 6.67. The van der Waals surface area contributed by atoms with Crippen LogP contribution in [0.2, 0.25) is 5.02 Å². The van der Waals surface area contributed by atoms with Gasteiger partial charge < -0.3 is 5.32 Å². The van der Waals surface area contributed by atoms with Crippen LogP contribution in [0.4, 0.5) is 10.1 Å². The monoisotopic (exact) mass is 341 g/mol. The highest BCUT2D eigenvalue weighted by atomic mass is 79.9. The molecule has 98 valence electrons. The lowest BCUT2D eigenvalue weighted by atomic mass is 10.1. The van der Waals surface area contributed by atoms with Crippen LogP contribution in [0.25, 0.3) is 0 Å². The number of nitrogens with one attached hydrogen (secondary N) is 1. The number of anilines is 1. The van der Waals surface area contributed by atoms with Gasteiger partial charge in [-0.1, -0.05) is 17.7 Å². The van der Waals surface area contributed by atoms with Crippen LogP contribution in [0.3, 0.4) is 0 Å². The molecule has 0 unspecified atom stereocenters. The first kappa shape index (κ1) is 14.0. The molecule has 0 saturated carbocycles. The number of halogens is 3. The Balaban J connectivity index is 2.25. The zero-order valence-electron chi connectivity index (χ0n) is 10.0. The van der Waals surface area contributed by atoms with Gasteiger partial charge in [-0.2, -0.15) is 0 Å². The summed E-state index contributed by atoms with van der Waals surface area (Å²) in [7, 11) is 0. The van der Waals surface area contributed by atoms with E-state index in [2.05, 4.69) is 21.2 Å². The molecular formula is C14H10BrClFNO. The molecule has 2 rings (SSSR count). The van der Waals surface area contributed by atoms with Crippen molar-refractivity contribution in [3.63, 3.8) is 0 Å². The van der Waals surface area contributed by atoms with E-state index >= 15 is 0 Å². The Morgan fingerprint density at radius 2 is 2.00 bits per heavy atom. The number of aryl methyl sites for hydroxylation is 1. The summed E-state index contributed by atoms with van der Waals surface area (Å²) in [5.41, 5.74) is 1.61. The van der Waals surface area contributed by atoms with E-state index in [9.17, 15) is 9.18 Å².